The van der Waals surface area contributed by atoms with Crippen molar-refractivity contribution in [3.05, 3.63) is 35.4 Å². The molecule has 0 N–H and O–H groups in total. The summed E-state index contributed by atoms with van der Waals surface area (Å²) in [7, 11) is -11.0. The molecular weight excluding hydrogens is 358 g/mol. The molecule has 1 aromatic rings. The Kier molecular flexibility index (Phi) is 7.64. The molecule has 1 aliphatic carbocycles. The van der Waals surface area contributed by atoms with Gasteiger partial charge >= 0.3 is 59.1 Å². The van der Waals surface area contributed by atoms with E-state index in [2.05, 4.69) is 0 Å². The molecule has 0 fully saturated rings. The fourth-order valence-corrected chi connectivity index (χ4v) is 4.51. The predicted octanol–water partition coefficient (Wildman–Crippen LogP) is -7.10. The van der Waals surface area contributed by atoms with Crippen molar-refractivity contribution in [1.82, 2.24) is 0 Å². The Hall–Kier alpha value is 0.380. The molecule has 2 atom stereocenters. The van der Waals surface area contributed by atoms with Crippen LogP contribution in [-0.4, -0.2) is 48.0 Å². The van der Waals surface area contributed by atoms with Crippen LogP contribution in [0.1, 0.15) is 20.7 Å². The topological polar surface area (TPSA) is 149 Å². The zero-order valence-corrected chi connectivity index (χ0v) is 17.2. The van der Waals surface area contributed by atoms with Crippen LogP contribution in [0.5, 0.6) is 0 Å². The Morgan fingerprint density at radius 1 is 0.727 bits per heavy atom. The smallest absolute Gasteiger partial charge is 0.747 e. The average molecular weight is 364 g/mol. The van der Waals surface area contributed by atoms with Crippen molar-refractivity contribution in [2.45, 2.75) is 10.5 Å². The first-order chi connectivity index (χ1) is 9.05. The zero-order chi connectivity index (χ0) is 15.3. The number of Topliss-reactive ketones (excluding diaryl/α,β-unsaturated/α-hetero) is 2. The molecule has 1 aromatic carbocycles. The van der Waals surface area contributed by atoms with Gasteiger partial charge in [-0.05, 0) is 0 Å². The van der Waals surface area contributed by atoms with E-state index in [0.717, 1.165) is 12.1 Å². The molecule has 8 nitrogen and oxygen atoms in total. The molecule has 0 saturated heterocycles. The fourth-order valence-electron chi connectivity index (χ4n) is 2.06. The minimum Gasteiger partial charge on any atom is -0.747 e. The third kappa shape index (κ3) is 4.07. The molecule has 0 amide bonds. The van der Waals surface area contributed by atoms with E-state index in [1.54, 1.807) is 0 Å². The van der Waals surface area contributed by atoms with E-state index in [4.69, 9.17) is 0 Å². The van der Waals surface area contributed by atoms with Gasteiger partial charge in [-0.3, -0.25) is 9.59 Å². The van der Waals surface area contributed by atoms with Crippen molar-refractivity contribution in [3.63, 3.8) is 0 Å². The van der Waals surface area contributed by atoms with Crippen molar-refractivity contribution >= 4 is 31.8 Å². The van der Waals surface area contributed by atoms with E-state index in [-0.39, 0.29) is 70.2 Å². The van der Waals surface area contributed by atoms with E-state index < -0.39 is 42.3 Å². The Bertz CT molecular complexity index is 746. The first-order valence-electron chi connectivity index (χ1n) is 5.12. The summed E-state index contributed by atoms with van der Waals surface area (Å²) in [6.07, 6.45) is 0. The Balaban J connectivity index is 0.00000220. The maximum Gasteiger partial charge on any atom is 1.00 e. The molecule has 108 valence electrons. The van der Waals surface area contributed by atoms with Gasteiger partial charge in [-0.25, -0.2) is 16.8 Å². The molecule has 0 spiro atoms. The fraction of sp³-hybridized carbons (Fsp3) is 0.200. The van der Waals surface area contributed by atoms with Gasteiger partial charge in [-0.1, -0.05) is 24.3 Å². The maximum atomic E-state index is 11.9. The number of carbonyl (C=O) groups excluding carboxylic acids is 2. The van der Waals surface area contributed by atoms with E-state index in [9.17, 15) is 35.5 Å². The minimum atomic E-state index is -5.48. The number of carbonyl (C=O) groups is 2. The first-order valence-corrected chi connectivity index (χ1v) is 8.06. The van der Waals surface area contributed by atoms with Gasteiger partial charge in [0.25, 0.3) is 0 Å². The molecule has 0 aliphatic heterocycles. The number of rotatable bonds is 2. The molecule has 22 heavy (non-hydrogen) atoms. The van der Waals surface area contributed by atoms with Crippen molar-refractivity contribution in [2.24, 2.45) is 0 Å². The Labute approximate surface area is 170 Å². The van der Waals surface area contributed by atoms with Crippen LogP contribution >= 0.6 is 0 Å². The maximum absolute atomic E-state index is 11.9. The van der Waals surface area contributed by atoms with Crippen LogP contribution < -0.4 is 59.1 Å². The number of ketones is 2. The van der Waals surface area contributed by atoms with Gasteiger partial charge in [0, 0.05) is 11.1 Å². The van der Waals surface area contributed by atoms with Crippen LogP contribution in [0.15, 0.2) is 24.3 Å². The molecule has 2 unspecified atom stereocenters. The zero-order valence-electron chi connectivity index (χ0n) is 11.5. The van der Waals surface area contributed by atoms with Crippen LogP contribution in [-0.2, 0) is 20.2 Å². The molecule has 0 bridgehead atoms. The third-order valence-corrected chi connectivity index (χ3v) is 5.26. The summed E-state index contributed by atoms with van der Waals surface area (Å²) in [6, 6.07) is 4.79. The number of benzene rings is 1. The van der Waals surface area contributed by atoms with Gasteiger partial charge in [0.2, 0.25) is 0 Å². The number of hydrogen-bond acceptors (Lipinski definition) is 8. The van der Waals surface area contributed by atoms with Crippen LogP contribution in [0.2, 0.25) is 0 Å². The molecule has 0 aromatic heterocycles. The Morgan fingerprint density at radius 2 is 1.00 bits per heavy atom. The van der Waals surface area contributed by atoms with Crippen LogP contribution in [0.3, 0.4) is 0 Å². The second-order valence-corrected chi connectivity index (χ2v) is 7.09. The summed E-state index contributed by atoms with van der Waals surface area (Å²) in [6.45, 7) is 0. The van der Waals surface area contributed by atoms with Crippen molar-refractivity contribution < 1.29 is 94.6 Å². The first kappa shape index (κ1) is 22.4. The van der Waals surface area contributed by atoms with E-state index in [1.807, 2.05) is 0 Å². The second kappa shape index (κ2) is 7.51. The molecule has 1 aliphatic rings. The van der Waals surface area contributed by atoms with Crippen LogP contribution in [0.25, 0.3) is 0 Å². The minimum absolute atomic E-state index is 0. The molecule has 0 heterocycles. The van der Waals surface area contributed by atoms with Gasteiger partial charge in [0.1, 0.15) is 30.7 Å². The number of hydrogen-bond donors (Lipinski definition) is 0. The van der Waals surface area contributed by atoms with Gasteiger partial charge in [-0.15, -0.1) is 0 Å². The average Bonchev–Trinajstić information content (AvgIpc) is 2.30. The van der Waals surface area contributed by atoms with E-state index in [1.165, 1.54) is 12.1 Å². The van der Waals surface area contributed by atoms with Crippen LogP contribution in [0, 0.1) is 0 Å². The monoisotopic (exact) mass is 364 g/mol. The number of fused-ring (bicyclic) bond motifs is 1. The van der Waals surface area contributed by atoms with Crippen molar-refractivity contribution in [2.75, 3.05) is 0 Å². The SMILES string of the molecule is O=C1c2ccccc2C(=O)C(S(=O)(=O)[O-])C1S(=O)(=O)[O-].[Na+].[Na+]. The Morgan fingerprint density at radius 3 is 1.23 bits per heavy atom. The summed E-state index contributed by atoms with van der Waals surface area (Å²) in [5.74, 6) is -2.72. The van der Waals surface area contributed by atoms with Crippen molar-refractivity contribution in [1.29, 1.82) is 0 Å². The second-order valence-electron chi connectivity index (χ2n) is 4.10. The molecule has 2 rings (SSSR count). The summed E-state index contributed by atoms with van der Waals surface area (Å²) < 4.78 is 66.5. The summed E-state index contributed by atoms with van der Waals surface area (Å²) in [5, 5.41) is -5.49. The summed E-state index contributed by atoms with van der Waals surface area (Å²) in [4.78, 5) is 23.9. The van der Waals surface area contributed by atoms with Crippen LogP contribution in [0.4, 0.5) is 0 Å². The molecule has 0 saturated carbocycles. The largest absolute Gasteiger partial charge is 1.00 e. The predicted molar refractivity (Wildman–Crippen MR) is 62.1 cm³/mol. The quantitative estimate of drug-likeness (QED) is 0.371. The molecule has 12 heteroatoms. The summed E-state index contributed by atoms with van der Waals surface area (Å²) in [5.41, 5.74) is -0.774. The van der Waals surface area contributed by atoms with Gasteiger partial charge in [0.05, 0.1) is 0 Å². The van der Waals surface area contributed by atoms with Gasteiger partial charge < -0.3 is 9.11 Å². The standard InChI is InChI=1S/C10H8O8S2.2Na/c11-7-5-3-1-2-4-6(5)8(12)10(20(16,17)18)9(7)19(13,14)15;;/h1-4,9-10H,(H,13,14,15)(H,16,17,18);;/q;2*+1/p-2. The summed E-state index contributed by atoms with van der Waals surface area (Å²) >= 11 is 0. The van der Waals surface area contributed by atoms with Gasteiger partial charge in [0.15, 0.2) is 11.6 Å². The third-order valence-electron chi connectivity index (χ3n) is 2.87. The van der Waals surface area contributed by atoms with Crippen molar-refractivity contribution in [3.8, 4) is 0 Å². The van der Waals surface area contributed by atoms with E-state index in [0.29, 0.717) is 0 Å². The normalized spacial score (nSPS) is 21.4. The molecule has 0 radical (unpaired) electrons. The molecular formula is C10H6Na2O8S2. The van der Waals surface area contributed by atoms with Gasteiger partial charge in [-0.2, -0.15) is 0 Å². The van der Waals surface area contributed by atoms with E-state index >= 15 is 0 Å².